The van der Waals surface area contributed by atoms with Crippen LogP contribution in [0.5, 0.6) is 5.75 Å². The van der Waals surface area contributed by atoms with Gasteiger partial charge in [-0.1, -0.05) is 71.8 Å². The molecule has 0 aliphatic rings. The van der Waals surface area contributed by atoms with E-state index in [-0.39, 0.29) is 6.61 Å². The van der Waals surface area contributed by atoms with Gasteiger partial charge in [-0.05, 0) is 18.2 Å². The van der Waals surface area contributed by atoms with Gasteiger partial charge in [-0.3, -0.25) is 0 Å². The average molecular weight is 382 g/mol. The van der Waals surface area contributed by atoms with E-state index in [2.05, 4.69) is 38.7 Å². The Bertz CT molecular complexity index is 1230. The quantitative estimate of drug-likeness (QED) is 0.403. The maximum Gasteiger partial charge on any atom is 0.320 e. The molecular weight excluding hydrogens is 364 g/mol. The van der Waals surface area contributed by atoms with Crippen molar-refractivity contribution in [3.63, 3.8) is 0 Å². The summed E-state index contributed by atoms with van der Waals surface area (Å²) >= 11 is 0. The highest BCUT2D eigenvalue weighted by atomic mass is 16.5. The predicted molar refractivity (Wildman–Crippen MR) is 112 cm³/mol. The van der Waals surface area contributed by atoms with Gasteiger partial charge in [0.05, 0.1) is 11.4 Å². The molecule has 0 saturated carbocycles. The van der Waals surface area contributed by atoms with Crippen LogP contribution in [0, 0.1) is 0 Å². The van der Waals surface area contributed by atoms with Crippen LogP contribution in [-0.2, 0) is 6.61 Å². The van der Waals surface area contributed by atoms with Crippen LogP contribution in [0.25, 0.3) is 22.2 Å². The molecule has 3 aromatic carbocycles. The second kappa shape index (κ2) is 7.52. The molecule has 0 radical (unpaired) electrons. The van der Waals surface area contributed by atoms with E-state index < -0.39 is 0 Å². The van der Waals surface area contributed by atoms with Crippen LogP contribution in [0.2, 0.25) is 0 Å². The summed E-state index contributed by atoms with van der Waals surface area (Å²) in [4.78, 5) is 3.48. The minimum Gasteiger partial charge on any atom is -0.484 e. The third-order valence-corrected chi connectivity index (χ3v) is 4.57. The summed E-state index contributed by atoms with van der Waals surface area (Å²) in [5, 5.41) is 12.5. The van der Waals surface area contributed by atoms with Gasteiger partial charge in [0.2, 0.25) is 0 Å². The van der Waals surface area contributed by atoms with E-state index in [1.807, 2.05) is 66.7 Å². The van der Waals surface area contributed by atoms with E-state index >= 15 is 0 Å². The molecule has 0 aliphatic carbocycles. The molecule has 0 atom stereocenters. The number of ether oxygens (including phenoxy) is 1. The molecule has 0 bridgehead atoms. The smallest absolute Gasteiger partial charge is 0.320 e. The van der Waals surface area contributed by atoms with Gasteiger partial charge in [0.15, 0.2) is 6.61 Å². The zero-order chi connectivity index (χ0) is 19.5. The number of nitrogens with zero attached hydrogens (tertiary/aromatic N) is 2. The summed E-state index contributed by atoms with van der Waals surface area (Å²) in [6.45, 7) is 0.206. The number of nitrogens with one attached hydrogen (secondary N) is 2. The minimum absolute atomic E-state index is 0.206. The lowest BCUT2D eigenvalue weighted by Crippen LogP contribution is -1.95. The number of benzene rings is 3. The monoisotopic (exact) mass is 382 g/mol. The van der Waals surface area contributed by atoms with Gasteiger partial charge < -0.3 is 19.5 Å². The number of anilines is 2. The summed E-state index contributed by atoms with van der Waals surface area (Å²) in [5.41, 5.74) is 3.96. The van der Waals surface area contributed by atoms with Crippen molar-refractivity contribution in [1.29, 1.82) is 0 Å². The first-order chi connectivity index (χ1) is 14.4. The van der Waals surface area contributed by atoms with E-state index in [0.29, 0.717) is 11.9 Å². The molecule has 0 amide bonds. The molecule has 0 saturated heterocycles. The number of aromatic amines is 1. The number of hydrogen-bond donors (Lipinski definition) is 2. The summed E-state index contributed by atoms with van der Waals surface area (Å²) < 4.78 is 11.4. The van der Waals surface area contributed by atoms with Gasteiger partial charge in [-0.15, -0.1) is 5.10 Å². The zero-order valence-corrected chi connectivity index (χ0v) is 15.5. The van der Waals surface area contributed by atoms with Crippen molar-refractivity contribution in [3.8, 4) is 17.0 Å². The minimum atomic E-state index is 0.206. The van der Waals surface area contributed by atoms with Crippen LogP contribution in [0.1, 0.15) is 5.89 Å². The second-order valence-corrected chi connectivity index (χ2v) is 6.51. The van der Waals surface area contributed by atoms with Crippen LogP contribution < -0.4 is 10.1 Å². The SMILES string of the molecule is c1ccc(OCc2nnc(Nc3c(-c4ccccc4)[nH]c4ccccc34)o2)cc1. The maximum absolute atomic E-state index is 5.75. The summed E-state index contributed by atoms with van der Waals surface area (Å²) in [6.07, 6.45) is 0. The number of fused-ring (bicyclic) bond motifs is 1. The van der Waals surface area contributed by atoms with E-state index in [1.54, 1.807) is 0 Å². The topological polar surface area (TPSA) is 76.0 Å². The Kier molecular flexibility index (Phi) is 4.42. The largest absolute Gasteiger partial charge is 0.484 e. The summed E-state index contributed by atoms with van der Waals surface area (Å²) in [6, 6.07) is 28.1. The molecule has 0 spiro atoms. The van der Waals surface area contributed by atoms with Gasteiger partial charge >= 0.3 is 6.01 Å². The molecule has 5 rings (SSSR count). The maximum atomic E-state index is 5.75. The van der Waals surface area contributed by atoms with Gasteiger partial charge in [0.1, 0.15) is 5.75 Å². The first-order valence-electron chi connectivity index (χ1n) is 9.30. The van der Waals surface area contributed by atoms with Crippen molar-refractivity contribution in [3.05, 3.63) is 90.8 Å². The lowest BCUT2D eigenvalue weighted by molar-refractivity contribution is 0.265. The van der Waals surface area contributed by atoms with Crippen LogP contribution in [0.3, 0.4) is 0 Å². The fourth-order valence-electron chi connectivity index (χ4n) is 3.22. The lowest BCUT2D eigenvalue weighted by atomic mass is 10.1. The fourth-order valence-corrected chi connectivity index (χ4v) is 3.22. The van der Waals surface area contributed by atoms with Crippen molar-refractivity contribution in [2.75, 3.05) is 5.32 Å². The van der Waals surface area contributed by atoms with Crippen molar-refractivity contribution in [2.45, 2.75) is 6.61 Å². The Morgan fingerprint density at radius 1 is 0.828 bits per heavy atom. The molecule has 5 aromatic rings. The molecule has 0 unspecified atom stereocenters. The number of para-hydroxylation sites is 2. The molecule has 2 aromatic heterocycles. The van der Waals surface area contributed by atoms with Crippen molar-refractivity contribution < 1.29 is 9.15 Å². The Morgan fingerprint density at radius 3 is 2.38 bits per heavy atom. The summed E-state index contributed by atoms with van der Waals surface area (Å²) in [7, 11) is 0. The fraction of sp³-hybridized carbons (Fsp3) is 0.0435. The number of hydrogen-bond acceptors (Lipinski definition) is 5. The van der Waals surface area contributed by atoms with E-state index in [1.165, 1.54) is 0 Å². The van der Waals surface area contributed by atoms with Crippen LogP contribution in [0.15, 0.2) is 89.3 Å². The van der Waals surface area contributed by atoms with Crippen molar-refractivity contribution in [1.82, 2.24) is 15.2 Å². The molecule has 0 fully saturated rings. The molecule has 2 heterocycles. The molecule has 0 aliphatic heterocycles. The third kappa shape index (κ3) is 3.55. The van der Waals surface area contributed by atoms with Gasteiger partial charge in [0.25, 0.3) is 5.89 Å². The second-order valence-electron chi connectivity index (χ2n) is 6.51. The van der Waals surface area contributed by atoms with Crippen LogP contribution >= 0.6 is 0 Å². The molecule has 6 nitrogen and oxygen atoms in total. The van der Waals surface area contributed by atoms with Gasteiger partial charge in [-0.25, -0.2) is 0 Å². The first kappa shape index (κ1) is 17.1. The highest BCUT2D eigenvalue weighted by molar-refractivity contribution is 6.02. The van der Waals surface area contributed by atoms with Gasteiger partial charge in [0, 0.05) is 16.5 Å². The van der Waals surface area contributed by atoms with Crippen molar-refractivity contribution in [2.24, 2.45) is 0 Å². The Morgan fingerprint density at radius 2 is 1.55 bits per heavy atom. The van der Waals surface area contributed by atoms with Crippen LogP contribution in [0.4, 0.5) is 11.7 Å². The standard InChI is InChI=1S/C23H18N4O2/c1-3-9-16(10-4-1)21-22(18-13-7-8-14-19(18)24-21)25-23-27-26-20(29-23)15-28-17-11-5-2-6-12-17/h1-14,24H,15H2,(H,25,27). The van der Waals surface area contributed by atoms with E-state index in [4.69, 9.17) is 9.15 Å². The number of H-pyrrole nitrogens is 1. The molecule has 6 heteroatoms. The third-order valence-electron chi connectivity index (χ3n) is 4.57. The molecule has 142 valence electrons. The predicted octanol–water partition coefficient (Wildman–Crippen LogP) is 5.54. The van der Waals surface area contributed by atoms with Crippen LogP contribution in [-0.4, -0.2) is 15.2 Å². The first-order valence-corrected chi connectivity index (χ1v) is 9.30. The van der Waals surface area contributed by atoms with Gasteiger partial charge in [-0.2, -0.15) is 0 Å². The number of rotatable bonds is 6. The highest BCUT2D eigenvalue weighted by Gasteiger charge is 2.16. The molecule has 29 heavy (non-hydrogen) atoms. The zero-order valence-electron chi connectivity index (χ0n) is 15.5. The summed E-state index contributed by atoms with van der Waals surface area (Å²) in [5.74, 6) is 1.15. The average Bonchev–Trinajstić information content (AvgIpc) is 3.39. The molecule has 2 N–H and O–H groups in total. The normalized spacial score (nSPS) is 10.9. The molecular formula is C23H18N4O2. The highest BCUT2D eigenvalue weighted by Crippen LogP contribution is 2.36. The van der Waals surface area contributed by atoms with E-state index in [9.17, 15) is 0 Å². The Hall–Kier alpha value is -4.06. The van der Waals surface area contributed by atoms with Crippen molar-refractivity contribution >= 4 is 22.6 Å². The number of aromatic nitrogens is 3. The van der Waals surface area contributed by atoms with E-state index in [0.717, 1.165) is 33.6 Å². The Labute approximate surface area is 167 Å². The Balaban J connectivity index is 1.43. The lowest BCUT2D eigenvalue weighted by Gasteiger charge is -2.05.